The number of hydrogen-bond acceptors (Lipinski definition) is 4. The number of para-hydroxylation sites is 1. The molecule has 0 saturated carbocycles. The van der Waals surface area contributed by atoms with Crippen molar-refractivity contribution in [3.63, 3.8) is 0 Å². The number of thiophene rings is 1. The fraction of sp³-hybridized carbons (Fsp3) is 0.0377. The Balaban J connectivity index is 1.23. The van der Waals surface area contributed by atoms with E-state index in [0.29, 0.717) is 17.6 Å². The second-order valence-corrected chi connectivity index (χ2v) is 15.8. The Bertz CT molecular complexity index is 3230. The monoisotopic (exact) mass is 760 g/mol. The number of benzene rings is 7. The Morgan fingerprint density at radius 1 is 0.552 bits per heavy atom. The predicted octanol–water partition coefficient (Wildman–Crippen LogP) is 13.2. The molecule has 3 aromatic heterocycles. The first-order chi connectivity index (χ1) is 28.7. The van der Waals surface area contributed by atoms with Crippen molar-refractivity contribution in [2.24, 2.45) is 0 Å². The summed E-state index contributed by atoms with van der Waals surface area (Å²) in [7, 11) is 0. The van der Waals surface area contributed by atoms with Crippen LogP contribution in [0.25, 0.3) is 70.7 Å². The summed E-state index contributed by atoms with van der Waals surface area (Å²) in [5.74, 6) is 1.85. The smallest absolute Gasteiger partial charge is 0.238 e. The van der Waals surface area contributed by atoms with Gasteiger partial charge in [-0.05, 0) is 58.5 Å². The highest BCUT2D eigenvalue weighted by Crippen LogP contribution is 2.50. The molecule has 1 aliphatic carbocycles. The first-order valence-electron chi connectivity index (χ1n) is 19.6. The van der Waals surface area contributed by atoms with E-state index in [4.69, 9.17) is 21.5 Å². The van der Waals surface area contributed by atoms with E-state index >= 15 is 0 Å². The third-order valence-corrected chi connectivity index (χ3v) is 12.8. The number of nitrogens with zero attached hydrogens (tertiary/aromatic N) is 4. The van der Waals surface area contributed by atoms with Gasteiger partial charge in [0, 0.05) is 42.1 Å². The molecule has 5 heteroatoms. The molecule has 0 atom stereocenters. The zero-order valence-corrected chi connectivity index (χ0v) is 32.4. The molecule has 0 aliphatic heterocycles. The minimum atomic E-state index is -0.651. The van der Waals surface area contributed by atoms with Crippen LogP contribution >= 0.6 is 11.3 Å². The van der Waals surface area contributed by atoms with Crippen LogP contribution in [0.4, 0.5) is 0 Å². The molecular weight excluding hydrogens is 725 g/mol. The summed E-state index contributed by atoms with van der Waals surface area (Å²) >= 11 is 1.78. The van der Waals surface area contributed by atoms with Gasteiger partial charge >= 0.3 is 0 Å². The van der Waals surface area contributed by atoms with Crippen molar-refractivity contribution in [3.8, 4) is 28.7 Å². The molecule has 11 rings (SSSR count). The Hall–Kier alpha value is -7.21. The summed E-state index contributed by atoms with van der Waals surface area (Å²) in [5, 5.41) is 4.77. The topological polar surface area (TPSA) is 43.6 Å². The highest BCUT2D eigenvalue weighted by molar-refractivity contribution is 7.26. The van der Waals surface area contributed by atoms with E-state index in [9.17, 15) is 0 Å². The van der Waals surface area contributed by atoms with Gasteiger partial charge in [0.1, 0.15) is 0 Å². The molecular formula is C53H36N4S. The Morgan fingerprint density at radius 2 is 1.21 bits per heavy atom. The molecule has 0 N–H and O–H groups in total. The van der Waals surface area contributed by atoms with Crippen LogP contribution < -0.4 is 0 Å². The van der Waals surface area contributed by atoms with Gasteiger partial charge < -0.3 is 0 Å². The van der Waals surface area contributed by atoms with E-state index in [1.165, 1.54) is 47.8 Å². The van der Waals surface area contributed by atoms with Gasteiger partial charge in [0.05, 0.1) is 16.4 Å². The Morgan fingerprint density at radius 3 is 1.98 bits per heavy atom. The number of fused-ring (bicyclic) bond motifs is 8. The van der Waals surface area contributed by atoms with E-state index in [1.54, 1.807) is 11.3 Å². The quantitative estimate of drug-likeness (QED) is 0.175. The van der Waals surface area contributed by atoms with Crippen molar-refractivity contribution >= 4 is 53.3 Å². The van der Waals surface area contributed by atoms with Crippen LogP contribution in [0, 0.1) is 0 Å². The van der Waals surface area contributed by atoms with Crippen molar-refractivity contribution in [1.82, 2.24) is 19.5 Å². The Kier molecular flexibility index (Phi) is 8.09. The third kappa shape index (κ3) is 5.24. The lowest BCUT2D eigenvalue weighted by Gasteiger charge is -2.38. The fourth-order valence-corrected chi connectivity index (χ4v) is 10.3. The maximum Gasteiger partial charge on any atom is 0.238 e. The molecule has 0 saturated heterocycles. The fourth-order valence-electron chi connectivity index (χ4n) is 9.09. The van der Waals surface area contributed by atoms with Crippen LogP contribution in [0.15, 0.2) is 206 Å². The molecule has 3 heterocycles. The lowest BCUT2D eigenvalue weighted by molar-refractivity contribution is 0.739. The van der Waals surface area contributed by atoms with Crippen molar-refractivity contribution in [3.05, 3.63) is 229 Å². The highest BCUT2D eigenvalue weighted by Gasteiger charge is 2.41. The standard InChI is InChI=1S/C53H36N4S/c1-35-19-6-2-13-27-41-44(53(35,37-22-9-4-10-23-37)38-24-11-5-12-25-38)33-34-46-48(41)42-28-14-16-31-45(42)57(46)52-55-50(36-20-7-3-8-21-36)54-51(56-52)43-30-18-29-40-39-26-15-17-32-47(39)58-49(40)43/h2-26,28-34H,1,27H2/b13-2-,19-6-. The van der Waals surface area contributed by atoms with E-state index in [0.717, 1.165) is 39.5 Å². The number of allylic oxidation sites excluding steroid dienone is 5. The lowest BCUT2D eigenvalue weighted by atomic mass is 9.63. The molecule has 0 spiro atoms. The van der Waals surface area contributed by atoms with Crippen LogP contribution in [-0.4, -0.2) is 19.5 Å². The molecule has 4 nitrogen and oxygen atoms in total. The van der Waals surface area contributed by atoms with Crippen LogP contribution in [-0.2, 0) is 11.8 Å². The van der Waals surface area contributed by atoms with Gasteiger partial charge in [0.2, 0.25) is 5.95 Å². The summed E-state index contributed by atoms with van der Waals surface area (Å²) in [4.78, 5) is 15.9. The average molecular weight is 761 g/mol. The van der Waals surface area contributed by atoms with Crippen LogP contribution in [0.5, 0.6) is 0 Å². The SMILES string of the molecule is C=C1/C=C\C=C/Cc2c(ccc3c2c2ccccc2n3-c2nc(-c3ccccc3)nc(-c3cccc4c3sc3ccccc34)n2)C1(c1ccccc1)c1ccccc1. The normalized spacial score (nSPS) is 14.9. The zero-order chi connectivity index (χ0) is 38.6. The van der Waals surface area contributed by atoms with Crippen molar-refractivity contribution in [1.29, 1.82) is 0 Å². The minimum absolute atomic E-state index is 0.579. The van der Waals surface area contributed by atoms with Gasteiger partial charge in [-0.25, -0.2) is 4.98 Å². The summed E-state index contributed by atoms with van der Waals surface area (Å²) in [6.07, 6.45) is 9.45. The van der Waals surface area contributed by atoms with E-state index in [-0.39, 0.29) is 0 Å². The molecule has 274 valence electrons. The van der Waals surface area contributed by atoms with Gasteiger partial charge in [-0.15, -0.1) is 11.3 Å². The van der Waals surface area contributed by atoms with E-state index in [1.807, 2.05) is 18.2 Å². The van der Waals surface area contributed by atoms with Gasteiger partial charge in [0.25, 0.3) is 0 Å². The summed E-state index contributed by atoms with van der Waals surface area (Å²) in [5.41, 5.74) is 9.16. The first kappa shape index (κ1) is 34.1. The molecule has 0 radical (unpaired) electrons. The Labute approximate surface area is 340 Å². The maximum atomic E-state index is 5.40. The van der Waals surface area contributed by atoms with E-state index in [2.05, 4.69) is 181 Å². The molecule has 0 unspecified atom stereocenters. The lowest BCUT2D eigenvalue weighted by Crippen LogP contribution is -2.32. The molecule has 1 aliphatic rings. The van der Waals surface area contributed by atoms with Crippen LogP contribution in [0.2, 0.25) is 0 Å². The van der Waals surface area contributed by atoms with Crippen molar-refractivity contribution in [2.45, 2.75) is 11.8 Å². The molecule has 10 aromatic rings. The van der Waals surface area contributed by atoms with Gasteiger partial charge in [0.15, 0.2) is 11.6 Å². The molecule has 0 bridgehead atoms. The number of rotatable bonds is 5. The summed E-state index contributed by atoms with van der Waals surface area (Å²) in [6.45, 7) is 4.82. The van der Waals surface area contributed by atoms with E-state index < -0.39 is 5.41 Å². The second kappa shape index (κ2) is 13.8. The molecule has 0 amide bonds. The number of aromatic nitrogens is 4. The molecule has 58 heavy (non-hydrogen) atoms. The summed E-state index contributed by atoms with van der Waals surface area (Å²) < 4.78 is 4.65. The van der Waals surface area contributed by atoms with Crippen LogP contribution in [0.3, 0.4) is 0 Å². The molecule has 0 fully saturated rings. The largest absolute Gasteiger partial charge is 0.278 e. The maximum absolute atomic E-state index is 5.40. The second-order valence-electron chi connectivity index (χ2n) is 14.8. The average Bonchev–Trinajstić information content (AvgIpc) is 3.85. The first-order valence-corrected chi connectivity index (χ1v) is 20.4. The third-order valence-electron chi connectivity index (χ3n) is 11.6. The van der Waals surface area contributed by atoms with Crippen LogP contribution in [0.1, 0.15) is 22.3 Å². The van der Waals surface area contributed by atoms with Gasteiger partial charge in [-0.3, -0.25) is 4.57 Å². The summed E-state index contributed by atoms with van der Waals surface area (Å²) in [6, 6.07) is 60.2. The van der Waals surface area contributed by atoms with Crippen molar-refractivity contribution < 1.29 is 0 Å². The van der Waals surface area contributed by atoms with Gasteiger partial charge in [-0.1, -0.05) is 176 Å². The molecule has 7 aromatic carbocycles. The zero-order valence-electron chi connectivity index (χ0n) is 31.6. The van der Waals surface area contributed by atoms with Crippen molar-refractivity contribution in [2.75, 3.05) is 0 Å². The predicted molar refractivity (Wildman–Crippen MR) is 242 cm³/mol. The van der Waals surface area contributed by atoms with Gasteiger partial charge in [-0.2, -0.15) is 9.97 Å². The number of hydrogen-bond donors (Lipinski definition) is 0. The minimum Gasteiger partial charge on any atom is -0.278 e. The highest BCUT2D eigenvalue weighted by atomic mass is 32.1.